The van der Waals surface area contributed by atoms with Crippen molar-refractivity contribution in [3.63, 3.8) is 0 Å². The van der Waals surface area contributed by atoms with Crippen LogP contribution < -0.4 is 0 Å². The molecule has 2 nitrogen and oxygen atoms in total. The molecule has 0 saturated carbocycles. The first-order valence-electron chi connectivity index (χ1n) is 3.69. The Bertz CT molecular complexity index is 257. The van der Waals surface area contributed by atoms with Gasteiger partial charge in [-0.1, -0.05) is 0 Å². The van der Waals surface area contributed by atoms with Gasteiger partial charge in [0.15, 0.2) is 0 Å². The quantitative estimate of drug-likeness (QED) is 0.558. The van der Waals surface area contributed by atoms with E-state index in [1.165, 1.54) is 0 Å². The molecular weight excluding hydrogens is 297 g/mol. The topological polar surface area (TPSA) is 34.1 Å². The highest BCUT2D eigenvalue weighted by Crippen LogP contribution is 2.21. The third-order valence-corrected chi connectivity index (χ3v) is 3.35. The minimum absolute atomic E-state index is 0.141. The molecule has 0 bridgehead atoms. The zero-order chi connectivity index (χ0) is 11.4. The summed E-state index contributed by atoms with van der Waals surface area (Å²) in [6.07, 6.45) is 0.419. The normalized spacial score (nSPS) is 17.0. The standard InChI is InChI=1S/C6H9Cl4FO2S/c7-4(2-6(9)10)1-5(8)3-14(11,12)13/h4-6H,1-3H2. The molecule has 2 atom stereocenters. The van der Waals surface area contributed by atoms with E-state index >= 15 is 0 Å². The molecule has 0 N–H and O–H groups in total. The van der Waals surface area contributed by atoms with E-state index in [2.05, 4.69) is 0 Å². The lowest BCUT2D eigenvalue weighted by Crippen LogP contribution is -2.18. The minimum atomic E-state index is -4.55. The van der Waals surface area contributed by atoms with Gasteiger partial charge < -0.3 is 0 Å². The van der Waals surface area contributed by atoms with Gasteiger partial charge in [0.05, 0.1) is 11.1 Å². The van der Waals surface area contributed by atoms with Gasteiger partial charge in [-0.15, -0.1) is 50.3 Å². The second-order valence-corrected chi connectivity index (χ2v) is 6.69. The van der Waals surface area contributed by atoms with E-state index in [0.29, 0.717) is 0 Å². The first-order chi connectivity index (χ1) is 6.20. The predicted molar refractivity (Wildman–Crippen MR) is 58.9 cm³/mol. The summed E-state index contributed by atoms with van der Waals surface area (Å²) >= 11 is 22.2. The lowest BCUT2D eigenvalue weighted by molar-refractivity contribution is 0.547. The second-order valence-electron chi connectivity index (χ2n) is 2.76. The Hall–Kier alpha value is 1.04. The molecule has 0 aromatic carbocycles. The number of hydrogen-bond donors (Lipinski definition) is 0. The monoisotopic (exact) mass is 304 g/mol. The van der Waals surface area contributed by atoms with Crippen LogP contribution in [0.25, 0.3) is 0 Å². The molecule has 0 heterocycles. The first-order valence-corrected chi connectivity index (χ1v) is 6.99. The maximum absolute atomic E-state index is 12.1. The highest BCUT2D eigenvalue weighted by atomic mass is 35.5. The fourth-order valence-corrected chi connectivity index (χ4v) is 3.18. The van der Waals surface area contributed by atoms with Crippen molar-refractivity contribution in [2.24, 2.45) is 0 Å². The average Bonchev–Trinajstić information content (AvgIpc) is 1.77. The molecule has 0 spiro atoms. The van der Waals surface area contributed by atoms with Gasteiger partial charge in [-0.05, 0) is 12.8 Å². The largest absolute Gasteiger partial charge is 0.303 e. The Morgan fingerprint density at radius 3 is 1.86 bits per heavy atom. The molecule has 14 heavy (non-hydrogen) atoms. The summed E-state index contributed by atoms with van der Waals surface area (Å²) in [6, 6.07) is 0. The van der Waals surface area contributed by atoms with Gasteiger partial charge in [-0.3, -0.25) is 0 Å². The highest BCUT2D eigenvalue weighted by Gasteiger charge is 2.20. The molecule has 0 saturated heterocycles. The Morgan fingerprint density at radius 2 is 1.50 bits per heavy atom. The number of rotatable bonds is 6. The summed E-state index contributed by atoms with van der Waals surface area (Å²) < 4.78 is 32.5. The molecule has 0 aliphatic rings. The van der Waals surface area contributed by atoms with Crippen molar-refractivity contribution in [3.8, 4) is 0 Å². The van der Waals surface area contributed by atoms with Gasteiger partial charge in [0, 0.05) is 5.38 Å². The van der Waals surface area contributed by atoms with Gasteiger partial charge in [-0.2, -0.15) is 8.42 Å². The van der Waals surface area contributed by atoms with Gasteiger partial charge in [-0.25, -0.2) is 0 Å². The van der Waals surface area contributed by atoms with Crippen LogP contribution in [0.2, 0.25) is 0 Å². The Kier molecular flexibility index (Phi) is 7.07. The fraction of sp³-hybridized carbons (Fsp3) is 1.00. The molecule has 8 heteroatoms. The molecule has 0 fully saturated rings. The molecule has 86 valence electrons. The van der Waals surface area contributed by atoms with Crippen LogP contribution in [0, 0.1) is 0 Å². The van der Waals surface area contributed by atoms with Crippen molar-refractivity contribution in [1.82, 2.24) is 0 Å². The zero-order valence-corrected chi connectivity index (χ0v) is 10.8. The molecule has 0 amide bonds. The Balaban J connectivity index is 3.88. The van der Waals surface area contributed by atoms with Gasteiger partial charge in [0.1, 0.15) is 4.84 Å². The zero-order valence-electron chi connectivity index (χ0n) is 6.97. The van der Waals surface area contributed by atoms with E-state index in [0.717, 1.165) is 0 Å². The average molecular weight is 306 g/mol. The number of halogens is 5. The SMILES string of the molecule is O=S(=O)(F)CC(Cl)CC(Cl)CC(Cl)Cl. The Morgan fingerprint density at radius 1 is 1.00 bits per heavy atom. The summed E-state index contributed by atoms with van der Waals surface area (Å²) in [5.74, 6) is -0.743. The number of hydrogen-bond acceptors (Lipinski definition) is 2. The van der Waals surface area contributed by atoms with E-state index in [1.54, 1.807) is 0 Å². The van der Waals surface area contributed by atoms with Crippen molar-refractivity contribution in [3.05, 3.63) is 0 Å². The third-order valence-electron chi connectivity index (χ3n) is 1.33. The first kappa shape index (κ1) is 15.0. The van der Waals surface area contributed by atoms with Crippen molar-refractivity contribution < 1.29 is 12.3 Å². The lowest BCUT2D eigenvalue weighted by Gasteiger charge is -2.12. The van der Waals surface area contributed by atoms with E-state index in [9.17, 15) is 12.3 Å². The van der Waals surface area contributed by atoms with Crippen LogP contribution in [0.1, 0.15) is 12.8 Å². The van der Waals surface area contributed by atoms with Crippen molar-refractivity contribution in [2.75, 3.05) is 5.75 Å². The molecular formula is C6H9Cl4FO2S. The maximum atomic E-state index is 12.1. The van der Waals surface area contributed by atoms with Crippen LogP contribution in [-0.4, -0.2) is 29.8 Å². The fourth-order valence-electron chi connectivity index (χ4n) is 0.851. The van der Waals surface area contributed by atoms with E-state index in [1.807, 2.05) is 0 Å². The summed E-state index contributed by atoms with van der Waals surface area (Å²) in [4.78, 5) is -0.636. The van der Waals surface area contributed by atoms with Crippen LogP contribution >= 0.6 is 46.4 Å². The summed E-state index contributed by atoms with van der Waals surface area (Å²) in [6.45, 7) is 0. The summed E-state index contributed by atoms with van der Waals surface area (Å²) in [7, 11) is -4.55. The lowest BCUT2D eigenvalue weighted by atomic mass is 10.2. The van der Waals surface area contributed by atoms with Crippen LogP contribution in [0.15, 0.2) is 0 Å². The molecule has 0 radical (unpaired) electrons. The second kappa shape index (κ2) is 6.59. The molecule has 0 aliphatic carbocycles. The molecule has 0 rings (SSSR count). The van der Waals surface area contributed by atoms with Crippen LogP contribution in [-0.2, 0) is 10.2 Å². The van der Waals surface area contributed by atoms with Crippen molar-refractivity contribution in [1.29, 1.82) is 0 Å². The molecule has 0 aromatic rings. The molecule has 2 unspecified atom stereocenters. The number of alkyl halides is 4. The van der Waals surface area contributed by atoms with Gasteiger partial charge in [0.25, 0.3) is 0 Å². The maximum Gasteiger partial charge on any atom is 0.303 e. The minimum Gasteiger partial charge on any atom is -0.195 e. The van der Waals surface area contributed by atoms with Gasteiger partial charge >= 0.3 is 10.2 Å². The van der Waals surface area contributed by atoms with Crippen LogP contribution in [0.5, 0.6) is 0 Å². The predicted octanol–water partition coefficient (Wildman–Crippen LogP) is 3.08. The van der Waals surface area contributed by atoms with Gasteiger partial charge in [0.2, 0.25) is 0 Å². The van der Waals surface area contributed by atoms with Crippen LogP contribution in [0.3, 0.4) is 0 Å². The van der Waals surface area contributed by atoms with E-state index in [-0.39, 0.29) is 12.8 Å². The highest BCUT2D eigenvalue weighted by molar-refractivity contribution is 7.86. The van der Waals surface area contributed by atoms with Crippen molar-refractivity contribution in [2.45, 2.75) is 28.4 Å². The van der Waals surface area contributed by atoms with Crippen LogP contribution in [0.4, 0.5) is 3.89 Å². The van der Waals surface area contributed by atoms with Crippen molar-refractivity contribution >= 4 is 56.6 Å². The van der Waals surface area contributed by atoms with E-state index in [4.69, 9.17) is 46.4 Å². The summed E-state index contributed by atoms with van der Waals surface area (Å²) in [5.41, 5.74) is 0. The third kappa shape index (κ3) is 9.59. The smallest absolute Gasteiger partial charge is 0.195 e. The molecule has 0 aromatic heterocycles. The summed E-state index contributed by atoms with van der Waals surface area (Å²) in [5, 5.41) is -1.32. The molecule has 0 aliphatic heterocycles. The Labute approximate surface area is 103 Å². The van der Waals surface area contributed by atoms with E-state index < -0.39 is 31.6 Å².